The van der Waals surface area contributed by atoms with E-state index in [-0.39, 0.29) is 0 Å². The second-order valence-electron chi connectivity index (χ2n) is 21.6. The Hall–Kier alpha value is -8.79. The van der Waals surface area contributed by atoms with Crippen LogP contribution < -0.4 is 20.5 Å². The fourth-order valence-electron chi connectivity index (χ4n) is 11.5. The summed E-state index contributed by atoms with van der Waals surface area (Å²) in [7, 11) is 0. The minimum Gasteiger partial charge on any atom is -0.456 e. The number of fused-ring (bicyclic) bond motifs is 4. The average molecular weight is 1130 g/mol. The molecule has 440 valence electrons. The van der Waals surface area contributed by atoms with E-state index in [1.807, 2.05) is 55.4 Å². The first kappa shape index (κ1) is 64.8. The number of nitrogens with zero attached hydrogens (tertiary/aromatic N) is 1. The van der Waals surface area contributed by atoms with Gasteiger partial charge >= 0.3 is 0 Å². The van der Waals surface area contributed by atoms with Gasteiger partial charge in [-0.3, -0.25) is 0 Å². The smallest absolute Gasteiger partial charge is 0.137 e. The maximum atomic E-state index is 6.71. The Kier molecular flexibility index (Phi) is 22.8. The Morgan fingerprint density at radius 1 is 0.372 bits per heavy atom. The van der Waals surface area contributed by atoms with Gasteiger partial charge in [0.15, 0.2) is 0 Å². The number of rotatable bonds is 8. The lowest BCUT2D eigenvalue weighted by Crippen LogP contribution is -2.20. The molecule has 3 nitrogen and oxygen atoms in total. The van der Waals surface area contributed by atoms with Crippen LogP contribution in [-0.4, -0.2) is 0 Å². The van der Waals surface area contributed by atoms with E-state index < -0.39 is 0 Å². The summed E-state index contributed by atoms with van der Waals surface area (Å²) in [5.74, 6) is 2.68. The third-order valence-corrected chi connectivity index (χ3v) is 16.0. The Labute approximate surface area is 515 Å². The van der Waals surface area contributed by atoms with Gasteiger partial charge in [-0.15, -0.1) is 0 Å². The zero-order chi connectivity index (χ0) is 62.2. The maximum absolute atomic E-state index is 6.71. The molecule has 0 spiro atoms. The maximum Gasteiger partial charge on any atom is 0.137 e. The first-order chi connectivity index (χ1) is 41.8. The normalized spacial score (nSPS) is 11.4. The summed E-state index contributed by atoms with van der Waals surface area (Å²) in [4.78, 5) is 5.02. The van der Waals surface area contributed by atoms with E-state index in [1.54, 1.807) is 0 Å². The third-order valence-electron chi connectivity index (χ3n) is 16.0. The van der Waals surface area contributed by atoms with E-state index in [9.17, 15) is 0 Å². The first-order valence-electron chi connectivity index (χ1n) is 31.3. The van der Waals surface area contributed by atoms with E-state index in [4.69, 9.17) is 14.1 Å². The van der Waals surface area contributed by atoms with Crippen LogP contribution >= 0.6 is 0 Å². The summed E-state index contributed by atoms with van der Waals surface area (Å²) >= 11 is 0. The molecule has 12 rings (SSSR count). The summed E-state index contributed by atoms with van der Waals surface area (Å²) in [5, 5.41) is 4.30. The molecule has 0 aromatic heterocycles. The van der Waals surface area contributed by atoms with Crippen LogP contribution in [0, 0.1) is 69.2 Å². The number of hydrogen-bond acceptors (Lipinski definition) is 3. The molecule has 0 bridgehead atoms. The van der Waals surface area contributed by atoms with Crippen molar-refractivity contribution in [3.8, 4) is 33.9 Å². The lowest BCUT2D eigenvalue weighted by molar-refractivity contribution is 0.471. The molecule has 1 aliphatic carbocycles. The second-order valence-corrected chi connectivity index (χ2v) is 21.6. The molecule has 0 amide bonds. The van der Waals surface area contributed by atoms with Crippen molar-refractivity contribution in [2.45, 2.75) is 137 Å². The van der Waals surface area contributed by atoms with Crippen LogP contribution in [0.1, 0.15) is 150 Å². The highest BCUT2D eigenvalue weighted by Gasteiger charge is 2.23. The molecule has 0 saturated carbocycles. The molecular formula is C83H91NO2. The zero-order valence-electron chi connectivity index (χ0n) is 54.7. The van der Waals surface area contributed by atoms with Gasteiger partial charge in [0.05, 0.1) is 11.0 Å². The van der Waals surface area contributed by atoms with E-state index in [0.29, 0.717) is 0 Å². The number of hydrogen-bond donors (Lipinski definition) is 0. The van der Waals surface area contributed by atoms with Crippen molar-refractivity contribution in [3.63, 3.8) is 0 Å². The molecule has 0 fully saturated rings. The van der Waals surface area contributed by atoms with Crippen molar-refractivity contribution in [3.05, 3.63) is 304 Å². The van der Waals surface area contributed by atoms with Gasteiger partial charge in [-0.1, -0.05) is 207 Å². The van der Waals surface area contributed by atoms with Gasteiger partial charge < -0.3 is 9.15 Å². The van der Waals surface area contributed by atoms with Crippen LogP contribution in [-0.2, 0) is 12.8 Å². The van der Waals surface area contributed by atoms with Crippen LogP contribution in [0.2, 0.25) is 0 Å². The summed E-state index contributed by atoms with van der Waals surface area (Å²) in [6.45, 7) is 37.7. The van der Waals surface area contributed by atoms with Crippen molar-refractivity contribution in [2.75, 3.05) is 0 Å². The number of para-hydroxylation sites is 1. The zero-order valence-corrected chi connectivity index (χ0v) is 54.7. The molecule has 0 radical (unpaired) electrons. The molecule has 3 aliphatic rings. The molecule has 9 aromatic carbocycles. The average Bonchev–Trinajstić information content (AvgIpc) is 0.986. The lowest BCUT2D eigenvalue weighted by atomic mass is 9.88. The van der Waals surface area contributed by atoms with Crippen molar-refractivity contribution < 1.29 is 9.15 Å². The highest BCUT2D eigenvalue weighted by molar-refractivity contribution is 6.02. The highest BCUT2D eigenvalue weighted by Crippen LogP contribution is 2.42. The summed E-state index contributed by atoms with van der Waals surface area (Å²) in [6.07, 6.45) is 4.04. The Morgan fingerprint density at radius 2 is 0.849 bits per heavy atom. The second kappa shape index (κ2) is 30.3. The molecular weight excluding hydrogens is 1040 g/mol. The Bertz CT molecular complexity index is 4220. The molecule has 86 heavy (non-hydrogen) atoms. The van der Waals surface area contributed by atoms with Gasteiger partial charge in [0.2, 0.25) is 0 Å². The van der Waals surface area contributed by atoms with Crippen LogP contribution in [0.3, 0.4) is 0 Å². The lowest BCUT2D eigenvalue weighted by Gasteiger charge is -2.23. The first-order valence-corrected chi connectivity index (χ1v) is 31.3. The molecule has 9 aromatic rings. The van der Waals surface area contributed by atoms with Gasteiger partial charge in [0, 0.05) is 38.9 Å². The topological polar surface area (TPSA) is 34.7 Å². The third kappa shape index (κ3) is 14.5. The van der Waals surface area contributed by atoms with Crippen LogP contribution in [0.5, 0.6) is 11.5 Å². The largest absolute Gasteiger partial charge is 0.456 e. The predicted molar refractivity (Wildman–Crippen MR) is 371 cm³/mol. The molecule has 0 saturated heterocycles. The van der Waals surface area contributed by atoms with Crippen molar-refractivity contribution in [1.82, 2.24) is 0 Å². The molecule has 0 N–H and O–H groups in total. The molecule has 0 atom stereocenters. The van der Waals surface area contributed by atoms with Crippen LogP contribution in [0.15, 0.2) is 204 Å². The van der Waals surface area contributed by atoms with E-state index in [2.05, 4.69) is 269 Å². The van der Waals surface area contributed by atoms with Gasteiger partial charge in [-0.2, -0.15) is 0 Å². The summed E-state index contributed by atoms with van der Waals surface area (Å²) in [6, 6.07) is 69.5. The number of aryl methyl sites for hydroxylation is 10. The van der Waals surface area contributed by atoms with E-state index in [0.717, 1.165) is 73.7 Å². The summed E-state index contributed by atoms with van der Waals surface area (Å²) in [5.41, 5.74) is 28.3. The fraction of sp³-hybridized carbons (Fsp3) is 0.241. The number of benzene rings is 10. The SMILES string of the molecule is CC.CC.CC.CC.Cc1ccccc1-c1c2ccc(=Nc3c(C)cccc3C)cc-2oc2cc(Cc3c(C)cccc3C)ccc12.Cc1ccccc1C1=c2cc/c(=C\c3c(C)cccc3C)cc2Oc2cc(Cc3c(C)cccc3C)ccc21. The van der Waals surface area contributed by atoms with Crippen LogP contribution in [0.4, 0.5) is 5.69 Å². The Balaban J connectivity index is 0.000000221. The quantitative estimate of drug-likeness (QED) is 0.142. The Morgan fingerprint density at radius 3 is 1.41 bits per heavy atom. The standard InChI is InChI=1S/C38H34O.C37H33NO.4C2H6/c1-24-10-6-7-15-31(24)38-32-18-16-29(20-34-25(2)11-8-12-26(34)3)22-36(32)39-37-23-30(17-19-33(37)38)21-35-27(4)13-9-14-28(35)5;1-23-10-6-7-15-30(23)36-31-18-16-28(20-33-24(2)11-8-12-25(33)3)21-34(31)39-35-22-29(17-19-32(35)36)38-37-26(4)13-9-14-27(37)5;4*1-2/h6-20,22-23H,21H2,1-5H3;6-19,21-22H,20H2,1-5H3;4*1-2H3/b29-20+;;;;;. The molecule has 2 aliphatic heterocycles. The monoisotopic (exact) mass is 1130 g/mol. The van der Waals surface area contributed by atoms with Crippen molar-refractivity contribution in [1.29, 1.82) is 0 Å². The minimum absolute atomic E-state index is 0.845. The van der Waals surface area contributed by atoms with Gasteiger partial charge in [-0.05, 0) is 224 Å². The fourth-order valence-corrected chi connectivity index (χ4v) is 11.5. The van der Waals surface area contributed by atoms with Crippen molar-refractivity contribution in [2.24, 2.45) is 4.99 Å². The predicted octanol–water partition coefficient (Wildman–Crippen LogP) is 21.7. The van der Waals surface area contributed by atoms with Crippen molar-refractivity contribution >= 4 is 28.3 Å². The van der Waals surface area contributed by atoms with Gasteiger partial charge in [0.1, 0.15) is 22.8 Å². The molecule has 2 heterocycles. The van der Waals surface area contributed by atoms with Gasteiger partial charge in [0.25, 0.3) is 0 Å². The molecule has 0 unspecified atom stereocenters. The minimum atomic E-state index is 0.845. The number of ether oxygens (including phenoxy) is 1. The van der Waals surface area contributed by atoms with Gasteiger partial charge in [-0.25, -0.2) is 4.99 Å². The molecule has 3 heteroatoms. The van der Waals surface area contributed by atoms with Crippen LogP contribution in [0.25, 0.3) is 45.1 Å². The van der Waals surface area contributed by atoms with E-state index in [1.165, 1.54) is 106 Å². The summed E-state index contributed by atoms with van der Waals surface area (Å²) < 4.78 is 13.4. The van der Waals surface area contributed by atoms with E-state index >= 15 is 0 Å². The highest BCUT2D eigenvalue weighted by atomic mass is 16.5.